The van der Waals surface area contributed by atoms with Crippen molar-refractivity contribution < 1.29 is 4.74 Å². The molecule has 1 aliphatic heterocycles. The second kappa shape index (κ2) is 4.79. The Kier molecular flexibility index (Phi) is 3.58. The summed E-state index contributed by atoms with van der Waals surface area (Å²) < 4.78 is 5.72. The molecule has 2 unspecified atom stereocenters. The Bertz CT molecular complexity index is 270. The van der Waals surface area contributed by atoms with Crippen molar-refractivity contribution in [3.8, 4) is 0 Å². The van der Waals surface area contributed by atoms with Crippen LogP contribution in [0, 0.1) is 11.3 Å². The predicted octanol–water partition coefficient (Wildman–Crippen LogP) is 3.22. The van der Waals surface area contributed by atoms with Crippen molar-refractivity contribution in [3.63, 3.8) is 0 Å². The lowest BCUT2D eigenvalue weighted by molar-refractivity contribution is 0.0850. The van der Waals surface area contributed by atoms with Crippen LogP contribution in [0.5, 0.6) is 0 Å². The second-order valence-corrected chi connectivity index (χ2v) is 5.96. The molecule has 1 fully saturated rings. The molecule has 92 valence electrons. The molecule has 2 aliphatic rings. The maximum Gasteiger partial charge on any atom is 0.109 e. The predicted molar refractivity (Wildman–Crippen MR) is 67.0 cm³/mol. The average molecular weight is 223 g/mol. The normalized spacial score (nSPS) is 31.4. The zero-order valence-corrected chi connectivity index (χ0v) is 10.7. The van der Waals surface area contributed by atoms with Gasteiger partial charge in [0.05, 0.1) is 12.6 Å². The minimum atomic E-state index is 0.121. The van der Waals surface area contributed by atoms with E-state index < -0.39 is 0 Å². The van der Waals surface area contributed by atoms with E-state index in [1.165, 1.54) is 25.7 Å². The highest BCUT2D eigenvalue weighted by atomic mass is 16.5. The van der Waals surface area contributed by atoms with Gasteiger partial charge in [-0.3, -0.25) is 0 Å². The Morgan fingerprint density at radius 3 is 2.81 bits per heavy atom. The van der Waals surface area contributed by atoms with Crippen LogP contribution in [0.4, 0.5) is 0 Å². The van der Waals surface area contributed by atoms with E-state index in [2.05, 4.69) is 19.9 Å². The van der Waals surface area contributed by atoms with Gasteiger partial charge >= 0.3 is 0 Å². The van der Waals surface area contributed by atoms with Crippen LogP contribution in [-0.4, -0.2) is 12.6 Å². The van der Waals surface area contributed by atoms with Crippen molar-refractivity contribution in [1.29, 1.82) is 0 Å². The van der Waals surface area contributed by atoms with Gasteiger partial charge in [-0.15, -0.1) is 0 Å². The Balaban J connectivity index is 2.07. The zero-order chi connectivity index (χ0) is 11.6. The molecule has 0 aromatic heterocycles. The molecule has 2 atom stereocenters. The van der Waals surface area contributed by atoms with Crippen LogP contribution in [-0.2, 0) is 4.74 Å². The molecular formula is C14H25NO. The van der Waals surface area contributed by atoms with E-state index in [0.717, 1.165) is 25.2 Å². The molecule has 0 radical (unpaired) electrons. The maximum absolute atomic E-state index is 6.41. The van der Waals surface area contributed by atoms with Gasteiger partial charge in [0.25, 0.3) is 0 Å². The van der Waals surface area contributed by atoms with Gasteiger partial charge in [0.1, 0.15) is 5.76 Å². The first-order valence-corrected chi connectivity index (χ1v) is 6.70. The topological polar surface area (TPSA) is 35.2 Å². The third kappa shape index (κ3) is 2.42. The Morgan fingerprint density at radius 1 is 1.38 bits per heavy atom. The van der Waals surface area contributed by atoms with Gasteiger partial charge in [0.2, 0.25) is 0 Å². The highest BCUT2D eigenvalue weighted by molar-refractivity contribution is 5.09. The smallest absolute Gasteiger partial charge is 0.109 e. The molecule has 2 N–H and O–H groups in total. The summed E-state index contributed by atoms with van der Waals surface area (Å²) in [5, 5.41) is 0. The van der Waals surface area contributed by atoms with Crippen molar-refractivity contribution in [1.82, 2.24) is 0 Å². The lowest BCUT2D eigenvalue weighted by Gasteiger charge is -2.42. The first kappa shape index (κ1) is 12.0. The summed E-state index contributed by atoms with van der Waals surface area (Å²) in [5.74, 6) is 1.65. The van der Waals surface area contributed by atoms with Crippen molar-refractivity contribution >= 4 is 0 Å². The molecular weight excluding hydrogens is 198 g/mol. The Hall–Kier alpha value is -0.500. The fourth-order valence-corrected chi connectivity index (χ4v) is 3.19. The zero-order valence-electron chi connectivity index (χ0n) is 10.7. The van der Waals surface area contributed by atoms with E-state index in [1.807, 2.05) is 0 Å². The summed E-state index contributed by atoms with van der Waals surface area (Å²) in [6, 6.07) is 0.121. The molecule has 1 heterocycles. The molecule has 0 saturated heterocycles. The quantitative estimate of drug-likeness (QED) is 0.780. The minimum Gasteiger partial charge on any atom is -0.497 e. The van der Waals surface area contributed by atoms with Crippen LogP contribution in [0.2, 0.25) is 0 Å². The molecule has 16 heavy (non-hydrogen) atoms. The number of hydrogen-bond donors (Lipinski definition) is 1. The summed E-state index contributed by atoms with van der Waals surface area (Å²) >= 11 is 0. The van der Waals surface area contributed by atoms with E-state index in [9.17, 15) is 0 Å². The maximum atomic E-state index is 6.41. The molecule has 1 aliphatic carbocycles. The van der Waals surface area contributed by atoms with Crippen molar-refractivity contribution in [2.45, 2.75) is 58.4 Å². The molecule has 0 aromatic rings. The van der Waals surface area contributed by atoms with E-state index in [1.54, 1.807) is 0 Å². The Morgan fingerprint density at radius 2 is 2.19 bits per heavy atom. The van der Waals surface area contributed by atoms with Crippen molar-refractivity contribution in [2.75, 3.05) is 6.61 Å². The summed E-state index contributed by atoms with van der Waals surface area (Å²) in [6.07, 6.45) is 9.73. The number of rotatable bonds is 2. The van der Waals surface area contributed by atoms with E-state index in [-0.39, 0.29) is 6.04 Å². The van der Waals surface area contributed by atoms with Gasteiger partial charge in [0.15, 0.2) is 0 Å². The highest BCUT2D eigenvalue weighted by Crippen LogP contribution is 2.43. The molecule has 0 amide bonds. The standard InChI is InChI=1S/C14H25NO/c1-14(2)9-5-3-7-11(14)13(15)12-8-4-6-10-16-12/h8,11,13H,3-7,9-10,15H2,1-2H3. The van der Waals surface area contributed by atoms with Crippen LogP contribution >= 0.6 is 0 Å². The number of allylic oxidation sites excluding steroid dienone is 1. The largest absolute Gasteiger partial charge is 0.497 e. The number of hydrogen-bond acceptors (Lipinski definition) is 2. The van der Waals surface area contributed by atoms with E-state index >= 15 is 0 Å². The third-order valence-corrected chi connectivity index (χ3v) is 4.31. The summed E-state index contributed by atoms with van der Waals surface area (Å²) in [4.78, 5) is 0. The van der Waals surface area contributed by atoms with Crippen LogP contribution in [0.15, 0.2) is 11.8 Å². The van der Waals surface area contributed by atoms with Crippen LogP contribution in [0.25, 0.3) is 0 Å². The van der Waals surface area contributed by atoms with Gasteiger partial charge in [-0.1, -0.05) is 26.7 Å². The third-order valence-electron chi connectivity index (χ3n) is 4.31. The van der Waals surface area contributed by atoms with Crippen LogP contribution in [0.1, 0.15) is 52.4 Å². The molecule has 2 nitrogen and oxygen atoms in total. The number of ether oxygens (including phenoxy) is 1. The van der Waals surface area contributed by atoms with Crippen molar-refractivity contribution in [2.24, 2.45) is 17.1 Å². The molecule has 0 aromatic carbocycles. The van der Waals surface area contributed by atoms with Gasteiger partial charge in [-0.05, 0) is 43.1 Å². The van der Waals surface area contributed by atoms with Gasteiger partial charge in [-0.2, -0.15) is 0 Å². The van der Waals surface area contributed by atoms with E-state index in [0.29, 0.717) is 11.3 Å². The lowest BCUT2D eigenvalue weighted by atomic mass is 9.65. The Labute approximate surface area is 99.2 Å². The summed E-state index contributed by atoms with van der Waals surface area (Å²) in [7, 11) is 0. The van der Waals surface area contributed by atoms with Gasteiger partial charge in [-0.25, -0.2) is 0 Å². The van der Waals surface area contributed by atoms with Crippen LogP contribution in [0.3, 0.4) is 0 Å². The minimum absolute atomic E-state index is 0.121. The van der Waals surface area contributed by atoms with Gasteiger partial charge < -0.3 is 10.5 Å². The first-order valence-electron chi connectivity index (χ1n) is 6.70. The fourth-order valence-electron chi connectivity index (χ4n) is 3.19. The molecule has 2 heteroatoms. The average Bonchev–Trinajstić information content (AvgIpc) is 2.29. The van der Waals surface area contributed by atoms with Crippen LogP contribution < -0.4 is 5.73 Å². The first-order chi connectivity index (χ1) is 7.61. The summed E-state index contributed by atoms with van der Waals surface area (Å²) in [6.45, 7) is 5.58. The molecule has 2 rings (SSSR count). The second-order valence-electron chi connectivity index (χ2n) is 5.96. The van der Waals surface area contributed by atoms with Crippen molar-refractivity contribution in [3.05, 3.63) is 11.8 Å². The van der Waals surface area contributed by atoms with Gasteiger partial charge in [0, 0.05) is 0 Å². The SMILES string of the molecule is CC1(C)CCCCC1C(N)C1=CCCCO1. The fraction of sp³-hybridized carbons (Fsp3) is 0.857. The number of nitrogens with two attached hydrogens (primary N) is 1. The lowest BCUT2D eigenvalue weighted by Crippen LogP contribution is -2.43. The summed E-state index contributed by atoms with van der Waals surface area (Å²) in [5.41, 5.74) is 6.78. The molecule has 0 spiro atoms. The highest BCUT2D eigenvalue weighted by Gasteiger charge is 2.38. The molecule has 0 bridgehead atoms. The van der Waals surface area contributed by atoms with E-state index in [4.69, 9.17) is 10.5 Å². The molecule has 1 saturated carbocycles. The monoisotopic (exact) mass is 223 g/mol.